The van der Waals surface area contributed by atoms with Gasteiger partial charge in [0.2, 0.25) is 0 Å². The van der Waals surface area contributed by atoms with Crippen LogP contribution < -0.4 is 0 Å². The molecular weight excluding hydrogens is 304 g/mol. The number of hydrogen-bond donors (Lipinski definition) is 0. The molecule has 1 aliphatic heterocycles. The van der Waals surface area contributed by atoms with E-state index in [4.69, 9.17) is 4.98 Å². The van der Waals surface area contributed by atoms with Gasteiger partial charge in [-0.25, -0.2) is 4.98 Å². The summed E-state index contributed by atoms with van der Waals surface area (Å²) in [5.41, 5.74) is 3.75. The van der Waals surface area contributed by atoms with Crippen LogP contribution in [-0.4, -0.2) is 32.8 Å². The van der Waals surface area contributed by atoms with Crippen LogP contribution >= 0.6 is 11.3 Å². The van der Waals surface area contributed by atoms with Crippen LogP contribution in [0, 0.1) is 6.92 Å². The third-order valence-corrected chi connectivity index (χ3v) is 5.12. The molecule has 0 unspecified atom stereocenters. The number of aryl methyl sites for hydroxylation is 1. The summed E-state index contributed by atoms with van der Waals surface area (Å²) in [5.74, 6) is 0. The van der Waals surface area contributed by atoms with Crippen molar-refractivity contribution in [1.29, 1.82) is 0 Å². The highest BCUT2D eigenvalue weighted by molar-refractivity contribution is 7.09. The Morgan fingerprint density at radius 2 is 2.04 bits per heavy atom. The molecule has 0 spiro atoms. The lowest BCUT2D eigenvalue weighted by Gasteiger charge is -2.38. The van der Waals surface area contributed by atoms with E-state index in [1.807, 2.05) is 6.20 Å². The van der Waals surface area contributed by atoms with E-state index in [0.717, 1.165) is 26.1 Å². The summed E-state index contributed by atoms with van der Waals surface area (Å²) in [6, 6.07) is 11.1. The first-order valence-corrected chi connectivity index (χ1v) is 8.84. The number of aromatic nitrogens is 3. The van der Waals surface area contributed by atoms with E-state index in [0.29, 0.717) is 6.04 Å². The molecule has 1 fully saturated rings. The van der Waals surface area contributed by atoms with E-state index in [9.17, 15) is 0 Å². The maximum Gasteiger partial charge on any atom is 0.0972 e. The fraction of sp³-hybridized carbons (Fsp3) is 0.333. The molecule has 0 aliphatic carbocycles. The van der Waals surface area contributed by atoms with Crippen molar-refractivity contribution in [3.8, 4) is 0 Å². The average Bonchev–Trinajstić information content (AvgIpc) is 3.13. The van der Waals surface area contributed by atoms with E-state index in [1.165, 1.54) is 21.8 Å². The van der Waals surface area contributed by atoms with Gasteiger partial charge in [-0.2, -0.15) is 5.10 Å². The Morgan fingerprint density at radius 1 is 1.22 bits per heavy atom. The fourth-order valence-electron chi connectivity index (χ4n) is 2.97. The van der Waals surface area contributed by atoms with Crippen LogP contribution in [0.15, 0.2) is 48.1 Å². The summed E-state index contributed by atoms with van der Waals surface area (Å²) >= 11 is 1.77. The van der Waals surface area contributed by atoms with Gasteiger partial charge in [0.15, 0.2) is 0 Å². The van der Waals surface area contributed by atoms with Crippen molar-refractivity contribution in [2.45, 2.75) is 25.9 Å². The van der Waals surface area contributed by atoms with Gasteiger partial charge in [-0.15, -0.1) is 11.3 Å². The van der Waals surface area contributed by atoms with Gasteiger partial charge < -0.3 is 0 Å². The predicted octanol–water partition coefficient (Wildman–Crippen LogP) is 3.30. The van der Waals surface area contributed by atoms with Gasteiger partial charge in [0.05, 0.1) is 22.9 Å². The molecule has 2 aromatic heterocycles. The molecule has 0 atom stereocenters. The third-order valence-electron chi connectivity index (χ3n) is 4.23. The first kappa shape index (κ1) is 14.6. The number of likely N-dealkylation sites (tertiary alicyclic amines) is 1. The van der Waals surface area contributed by atoms with Gasteiger partial charge in [0.25, 0.3) is 0 Å². The smallest absolute Gasteiger partial charge is 0.0972 e. The van der Waals surface area contributed by atoms with Gasteiger partial charge >= 0.3 is 0 Å². The second kappa shape index (κ2) is 6.26. The molecule has 23 heavy (non-hydrogen) atoms. The Kier molecular flexibility index (Phi) is 3.97. The molecule has 0 saturated carbocycles. The number of thiazole rings is 1. The largest absolute Gasteiger partial charge is 0.293 e. The number of rotatable bonds is 5. The maximum absolute atomic E-state index is 4.78. The molecule has 118 valence electrons. The highest BCUT2D eigenvalue weighted by Gasteiger charge is 2.28. The SMILES string of the molecule is Cc1cnn(C2CN(Cc3csc(Cc4ccccc4)n3)C2)c1. The lowest BCUT2D eigenvalue weighted by Crippen LogP contribution is -2.47. The van der Waals surface area contributed by atoms with E-state index in [2.05, 4.69) is 63.5 Å². The number of hydrogen-bond acceptors (Lipinski definition) is 4. The molecule has 1 saturated heterocycles. The van der Waals surface area contributed by atoms with Crippen molar-refractivity contribution >= 4 is 11.3 Å². The Bertz CT molecular complexity index is 771. The zero-order valence-corrected chi connectivity index (χ0v) is 14.0. The van der Waals surface area contributed by atoms with Gasteiger partial charge in [0.1, 0.15) is 0 Å². The molecule has 0 N–H and O–H groups in total. The van der Waals surface area contributed by atoms with Gasteiger partial charge in [-0.1, -0.05) is 30.3 Å². The van der Waals surface area contributed by atoms with Gasteiger partial charge in [-0.3, -0.25) is 9.58 Å². The van der Waals surface area contributed by atoms with Crippen molar-refractivity contribution in [2.75, 3.05) is 13.1 Å². The van der Waals surface area contributed by atoms with Crippen LogP contribution in [0.4, 0.5) is 0 Å². The van der Waals surface area contributed by atoms with Crippen molar-refractivity contribution in [3.05, 3.63) is 69.9 Å². The Morgan fingerprint density at radius 3 is 2.78 bits per heavy atom. The monoisotopic (exact) mass is 324 g/mol. The third kappa shape index (κ3) is 3.35. The Balaban J connectivity index is 1.31. The molecule has 4 rings (SSSR count). The predicted molar refractivity (Wildman–Crippen MR) is 92.6 cm³/mol. The topological polar surface area (TPSA) is 34.0 Å². The second-order valence-electron chi connectivity index (χ2n) is 6.24. The molecule has 3 aromatic rings. The van der Waals surface area contributed by atoms with Crippen LogP contribution in [0.25, 0.3) is 0 Å². The summed E-state index contributed by atoms with van der Waals surface area (Å²) in [6.07, 6.45) is 4.99. The minimum atomic E-state index is 0.520. The summed E-state index contributed by atoms with van der Waals surface area (Å²) in [7, 11) is 0. The second-order valence-corrected chi connectivity index (χ2v) is 7.18. The van der Waals surface area contributed by atoms with E-state index < -0.39 is 0 Å². The lowest BCUT2D eigenvalue weighted by atomic mass is 10.1. The highest BCUT2D eigenvalue weighted by Crippen LogP contribution is 2.24. The summed E-state index contributed by atoms with van der Waals surface area (Å²) in [4.78, 5) is 7.22. The van der Waals surface area contributed by atoms with Crippen molar-refractivity contribution in [1.82, 2.24) is 19.7 Å². The van der Waals surface area contributed by atoms with Crippen LogP contribution in [0.5, 0.6) is 0 Å². The fourth-order valence-corrected chi connectivity index (χ4v) is 3.79. The van der Waals surface area contributed by atoms with E-state index in [-0.39, 0.29) is 0 Å². The molecule has 4 nitrogen and oxygen atoms in total. The maximum atomic E-state index is 4.78. The number of benzene rings is 1. The van der Waals surface area contributed by atoms with Crippen LogP contribution in [0.3, 0.4) is 0 Å². The van der Waals surface area contributed by atoms with E-state index >= 15 is 0 Å². The summed E-state index contributed by atoms with van der Waals surface area (Å²) in [5, 5.41) is 7.80. The van der Waals surface area contributed by atoms with E-state index in [1.54, 1.807) is 11.3 Å². The molecular formula is C18H20N4S. The van der Waals surface area contributed by atoms with Crippen LogP contribution in [0.2, 0.25) is 0 Å². The quantitative estimate of drug-likeness (QED) is 0.722. The van der Waals surface area contributed by atoms with Gasteiger partial charge in [-0.05, 0) is 18.1 Å². The molecule has 0 amide bonds. The molecule has 5 heteroatoms. The molecule has 3 heterocycles. The zero-order chi connectivity index (χ0) is 15.6. The molecule has 0 bridgehead atoms. The average molecular weight is 324 g/mol. The Labute approximate surface area is 140 Å². The van der Waals surface area contributed by atoms with Gasteiger partial charge in [0, 0.05) is 37.6 Å². The van der Waals surface area contributed by atoms with Crippen LogP contribution in [-0.2, 0) is 13.0 Å². The summed E-state index contributed by atoms with van der Waals surface area (Å²) < 4.78 is 2.09. The highest BCUT2D eigenvalue weighted by atomic mass is 32.1. The van der Waals surface area contributed by atoms with Crippen molar-refractivity contribution in [3.63, 3.8) is 0 Å². The number of nitrogens with zero attached hydrogens (tertiary/aromatic N) is 4. The molecule has 1 aliphatic rings. The van der Waals surface area contributed by atoms with Crippen LogP contribution in [0.1, 0.15) is 27.9 Å². The van der Waals surface area contributed by atoms with Crippen molar-refractivity contribution < 1.29 is 0 Å². The zero-order valence-electron chi connectivity index (χ0n) is 13.2. The Hall–Kier alpha value is -1.98. The standard InChI is InChI=1S/C18H20N4S/c1-14-8-19-22(9-14)17-11-21(12-17)10-16-13-23-18(20-16)7-15-5-3-2-4-6-15/h2-6,8-9,13,17H,7,10-12H2,1H3. The first-order valence-electron chi connectivity index (χ1n) is 7.96. The molecule has 1 aromatic carbocycles. The minimum Gasteiger partial charge on any atom is -0.293 e. The first-order chi connectivity index (χ1) is 11.3. The minimum absolute atomic E-state index is 0.520. The molecule has 0 radical (unpaired) electrons. The normalized spacial score (nSPS) is 15.7. The van der Waals surface area contributed by atoms with Crippen molar-refractivity contribution in [2.24, 2.45) is 0 Å². The summed E-state index contributed by atoms with van der Waals surface area (Å²) in [6.45, 7) is 5.16. The lowest BCUT2D eigenvalue weighted by molar-refractivity contribution is 0.0897.